The van der Waals surface area contributed by atoms with E-state index in [4.69, 9.17) is 4.89 Å². The van der Waals surface area contributed by atoms with Gasteiger partial charge in [0, 0.05) is 6.08 Å². The molecule has 0 aliphatic rings. The second-order valence-corrected chi connectivity index (χ2v) is 3.59. The molecule has 0 rings (SSSR count). The molecule has 13 heavy (non-hydrogen) atoms. The first-order valence-electron chi connectivity index (χ1n) is 3.85. The summed E-state index contributed by atoms with van der Waals surface area (Å²) in [6.45, 7) is 3.45. The number of hydrogen-bond acceptors (Lipinski definition) is 4. The van der Waals surface area contributed by atoms with Gasteiger partial charge >= 0.3 is 15.2 Å². The van der Waals surface area contributed by atoms with E-state index in [1.54, 1.807) is 13.8 Å². The summed E-state index contributed by atoms with van der Waals surface area (Å²) in [5, 5.41) is 0. The number of phosphoric acid groups is 1. The third kappa shape index (κ3) is 6.51. The van der Waals surface area contributed by atoms with Crippen molar-refractivity contribution in [2.24, 2.45) is 0 Å². The van der Waals surface area contributed by atoms with Gasteiger partial charge in [-0.3, -0.25) is 9.42 Å². The van der Waals surface area contributed by atoms with E-state index in [0.717, 1.165) is 6.08 Å². The summed E-state index contributed by atoms with van der Waals surface area (Å²) in [4.78, 5) is 19.6. The molecule has 0 fully saturated rings. The fourth-order valence-electron chi connectivity index (χ4n) is 0.513. The number of hydrogen-bond donors (Lipinski definition) is 1. The zero-order valence-electron chi connectivity index (χ0n) is 8.60. The molecule has 0 heterocycles. The Morgan fingerprint density at radius 3 is 2.77 bits per heavy atom. The van der Waals surface area contributed by atoms with Gasteiger partial charge in [0.15, 0.2) is 0 Å². The summed E-state index contributed by atoms with van der Waals surface area (Å²) in [5.74, 6) is -0.885. The van der Waals surface area contributed by atoms with Gasteiger partial charge in [0.2, 0.25) is 0 Å². The topological polar surface area (TPSA) is 72.8 Å². The molecular weight excluding hydrogens is 195 g/mol. The van der Waals surface area contributed by atoms with Crippen LogP contribution in [0, 0.1) is 0 Å². The van der Waals surface area contributed by atoms with Crippen LogP contribution in [0.1, 0.15) is 21.7 Å². The Balaban J connectivity index is 0. The maximum atomic E-state index is 10.9. The van der Waals surface area contributed by atoms with Crippen LogP contribution in [-0.4, -0.2) is 17.5 Å². The molecule has 0 amide bonds. The zero-order valence-corrected chi connectivity index (χ0v) is 8.49. The predicted octanol–water partition coefficient (Wildman–Crippen LogP) is 1.75. The van der Waals surface area contributed by atoms with Gasteiger partial charge in [-0.25, -0.2) is 9.36 Å². The minimum absolute atomic E-state index is 0. The van der Waals surface area contributed by atoms with Crippen molar-refractivity contribution in [1.82, 2.24) is 0 Å². The summed E-state index contributed by atoms with van der Waals surface area (Å²) in [6, 6.07) is 0. The smallest absolute Gasteiger partial charge is 0.367 e. The molecule has 76 valence electrons. The molecule has 1 atom stereocenters. The van der Waals surface area contributed by atoms with Crippen molar-refractivity contribution in [3.05, 3.63) is 12.2 Å². The Morgan fingerprint density at radius 2 is 2.31 bits per heavy atom. The Labute approximate surface area is 78.5 Å². The van der Waals surface area contributed by atoms with Gasteiger partial charge in [-0.2, -0.15) is 0 Å². The highest BCUT2D eigenvalue weighted by molar-refractivity contribution is 7.48. The van der Waals surface area contributed by atoms with Crippen LogP contribution in [0.5, 0.6) is 0 Å². The van der Waals surface area contributed by atoms with E-state index < -0.39 is 13.8 Å². The highest BCUT2D eigenvalue weighted by Crippen LogP contribution is 2.43. The summed E-state index contributed by atoms with van der Waals surface area (Å²) < 4.78 is 19.5. The Hall–Kier alpha value is -0.640. The normalized spacial score (nSPS) is 15.6. The molecule has 0 aromatic rings. The van der Waals surface area contributed by atoms with Crippen LogP contribution in [0.3, 0.4) is 0 Å². The average molecular weight is 209 g/mol. The first-order chi connectivity index (χ1) is 6.02. The third-order valence-electron chi connectivity index (χ3n) is 0.967. The van der Waals surface area contributed by atoms with Crippen LogP contribution >= 0.6 is 7.82 Å². The van der Waals surface area contributed by atoms with Crippen LogP contribution in [0.15, 0.2) is 12.2 Å². The number of phosphoric ester groups is 1. The molecule has 0 saturated carbocycles. The summed E-state index contributed by atoms with van der Waals surface area (Å²) in [5.41, 5.74) is 0. The average Bonchev–Trinajstić information content (AvgIpc) is 2.00. The van der Waals surface area contributed by atoms with Crippen molar-refractivity contribution in [3.63, 3.8) is 0 Å². The monoisotopic (exact) mass is 209 g/mol. The fraction of sp³-hybridized carbons (Fsp3) is 0.571. The largest absolute Gasteiger partial charge is 1.00 e. The third-order valence-corrected chi connectivity index (χ3v) is 1.89. The standard InChI is InChI=1S/C7H13O5P/c1-3-5-7(8)12-13(9,10)11-6-4-2/h3,5H,4,6H2,1-2H3,(H,9,10)/p+1. The lowest BCUT2D eigenvalue weighted by Gasteiger charge is -2.08. The summed E-state index contributed by atoms with van der Waals surface area (Å²) >= 11 is 0. The molecule has 0 spiro atoms. The fourth-order valence-corrected chi connectivity index (χ4v) is 1.27. The van der Waals surface area contributed by atoms with Crippen LogP contribution in [0.2, 0.25) is 0 Å². The van der Waals surface area contributed by atoms with Gasteiger partial charge in [0.1, 0.15) is 0 Å². The number of rotatable bonds is 5. The van der Waals surface area contributed by atoms with Gasteiger partial charge < -0.3 is 4.52 Å². The number of carbonyl (C=O) groups excluding carboxylic acids is 1. The molecule has 0 aromatic heterocycles. The molecule has 0 bridgehead atoms. The Morgan fingerprint density at radius 1 is 1.69 bits per heavy atom. The highest BCUT2D eigenvalue weighted by atomic mass is 31.2. The SMILES string of the molecule is CC=CC(=O)OP(=O)(O)OCCC.[H+]. The molecule has 1 unspecified atom stereocenters. The summed E-state index contributed by atoms with van der Waals surface area (Å²) in [7, 11) is -4.20. The molecule has 0 radical (unpaired) electrons. The van der Waals surface area contributed by atoms with E-state index in [9.17, 15) is 9.36 Å². The Kier molecular flexibility index (Phi) is 5.62. The highest BCUT2D eigenvalue weighted by Gasteiger charge is 2.24. The van der Waals surface area contributed by atoms with Crippen LogP contribution < -0.4 is 0 Å². The van der Waals surface area contributed by atoms with Crippen molar-refractivity contribution in [1.29, 1.82) is 0 Å². The molecule has 0 saturated heterocycles. The quantitative estimate of drug-likeness (QED) is 0.551. The van der Waals surface area contributed by atoms with Gasteiger partial charge in [0.25, 0.3) is 0 Å². The lowest BCUT2D eigenvalue weighted by Crippen LogP contribution is -2.01. The van der Waals surface area contributed by atoms with Gasteiger partial charge in [-0.1, -0.05) is 13.0 Å². The molecule has 0 aliphatic carbocycles. The minimum Gasteiger partial charge on any atom is -0.367 e. The van der Waals surface area contributed by atoms with Gasteiger partial charge in [-0.05, 0) is 13.3 Å². The second-order valence-electron chi connectivity index (χ2n) is 2.21. The molecule has 1 N–H and O–H groups in total. The molecule has 0 aliphatic heterocycles. The lowest BCUT2D eigenvalue weighted by molar-refractivity contribution is -0.130. The Bertz CT molecular complexity index is 240. The van der Waals surface area contributed by atoms with E-state index in [1.165, 1.54) is 6.08 Å². The minimum atomic E-state index is -4.20. The van der Waals surface area contributed by atoms with E-state index >= 15 is 0 Å². The van der Waals surface area contributed by atoms with E-state index in [1.807, 2.05) is 0 Å². The number of carbonyl (C=O) groups is 1. The van der Waals surface area contributed by atoms with Crippen molar-refractivity contribution in [3.8, 4) is 0 Å². The zero-order chi connectivity index (χ0) is 10.3. The van der Waals surface area contributed by atoms with Crippen LogP contribution in [0.4, 0.5) is 0 Å². The summed E-state index contributed by atoms with van der Waals surface area (Å²) in [6.07, 6.45) is 3.02. The molecule has 0 aromatic carbocycles. The molecule has 6 heteroatoms. The maximum Gasteiger partial charge on any atom is 1.00 e. The first kappa shape index (κ1) is 12.4. The first-order valence-corrected chi connectivity index (χ1v) is 5.35. The predicted molar refractivity (Wildman–Crippen MR) is 48.1 cm³/mol. The maximum absolute atomic E-state index is 10.9. The second kappa shape index (κ2) is 5.91. The van der Waals surface area contributed by atoms with Crippen molar-refractivity contribution < 1.29 is 24.7 Å². The van der Waals surface area contributed by atoms with E-state index in [0.29, 0.717) is 6.42 Å². The van der Waals surface area contributed by atoms with Crippen molar-refractivity contribution in [2.75, 3.05) is 6.61 Å². The van der Waals surface area contributed by atoms with Crippen LogP contribution in [-0.2, 0) is 18.4 Å². The lowest BCUT2D eigenvalue weighted by atomic mass is 10.5. The van der Waals surface area contributed by atoms with Gasteiger partial charge in [0.05, 0.1) is 6.61 Å². The number of allylic oxidation sites excluding steroid dienone is 1. The van der Waals surface area contributed by atoms with E-state index in [2.05, 4.69) is 9.05 Å². The molecular formula is C7H14O5P+. The van der Waals surface area contributed by atoms with Crippen molar-refractivity contribution in [2.45, 2.75) is 20.3 Å². The van der Waals surface area contributed by atoms with Crippen molar-refractivity contribution >= 4 is 13.8 Å². The van der Waals surface area contributed by atoms with Gasteiger partial charge in [-0.15, -0.1) is 0 Å². The molecule has 5 nitrogen and oxygen atoms in total. The van der Waals surface area contributed by atoms with Crippen LogP contribution in [0.25, 0.3) is 0 Å². The van der Waals surface area contributed by atoms with E-state index in [-0.39, 0.29) is 8.03 Å².